The molecule has 0 saturated heterocycles. The van der Waals surface area contributed by atoms with Crippen molar-refractivity contribution >= 4 is 16.8 Å². The van der Waals surface area contributed by atoms with Gasteiger partial charge in [-0.15, -0.1) is 0 Å². The zero-order chi connectivity index (χ0) is 11.6. The van der Waals surface area contributed by atoms with Crippen LogP contribution in [0.4, 0.5) is 13.2 Å². The Morgan fingerprint density at radius 3 is 2.60 bits per heavy atom. The van der Waals surface area contributed by atoms with Gasteiger partial charge in [0.05, 0.1) is 12.7 Å². The summed E-state index contributed by atoms with van der Waals surface area (Å²) < 4.78 is 42.6. The van der Waals surface area contributed by atoms with Crippen LogP contribution in [0.5, 0.6) is 5.88 Å². The van der Waals surface area contributed by atoms with Crippen LogP contribution in [0, 0.1) is 5.82 Å². The van der Waals surface area contributed by atoms with Crippen molar-refractivity contribution in [3.63, 3.8) is 0 Å². The molecule has 0 atom stereocenters. The summed E-state index contributed by atoms with van der Waals surface area (Å²) in [5.74, 6) is -1.97. The van der Waals surface area contributed by atoms with Gasteiger partial charge in [-0.3, -0.25) is 4.79 Å². The van der Waals surface area contributed by atoms with E-state index < -0.39 is 34.5 Å². The van der Waals surface area contributed by atoms with Gasteiger partial charge in [-0.05, 0) is 11.6 Å². The summed E-state index contributed by atoms with van der Waals surface area (Å²) in [5.41, 5.74) is -1.77. The van der Waals surface area contributed by atoms with Crippen molar-refractivity contribution in [2.24, 2.45) is 0 Å². The number of aromatic nitrogens is 1. The summed E-state index contributed by atoms with van der Waals surface area (Å²) in [4.78, 5) is 14.0. The Morgan fingerprint density at radius 1 is 1.60 bits per heavy atom. The maximum Gasteiger partial charge on any atom is 0.271 e. The van der Waals surface area contributed by atoms with E-state index in [2.05, 4.69) is 9.72 Å². The first kappa shape index (κ1) is 11.8. The molecule has 0 aliphatic heterocycles. The lowest BCUT2D eigenvalue weighted by atomic mass is 10.2. The predicted molar refractivity (Wildman–Crippen MR) is 45.9 cm³/mol. The smallest absolute Gasteiger partial charge is 0.271 e. The number of methoxy groups -OCH3 is 1. The van der Waals surface area contributed by atoms with Crippen LogP contribution in [0.15, 0.2) is 6.20 Å². The van der Waals surface area contributed by atoms with Crippen LogP contribution in [0.2, 0.25) is 0 Å². The average molecular weight is 240 g/mol. The number of pyridine rings is 1. The quantitative estimate of drug-likeness (QED) is 0.761. The van der Waals surface area contributed by atoms with Gasteiger partial charge < -0.3 is 4.74 Å². The van der Waals surface area contributed by atoms with Crippen LogP contribution in [0.1, 0.15) is 22.3 Å². The number of carbonyl (C=O) groups excluding carboxylic acids is 1. The summed E-state index contributed by atoms with van der Waals surface area (Å²) in [6.07, 6.45) is -2.39. The first-order valence-corrected chi connectivity index (χ1v) is 4.07. The number of nitrogens with zero attached hydrogens (tertiary/aromatic N) is 1. The normalized spacial score (nSPS) is 10.5. The number of carbonyl (C=O) groups is 1. The van der Waals surface area contributed by atoms with E-state index in [1.54, 1.807) is 0 Å². The highest BCUT2D eigenvalue weighted by Crippen LogP contribution is 2.31. The van der Waals surface area contributed by atoms with Gasteiger partial charge in [-0.1, -0.05) is 0 Å². The average Bonchev–Trinajstić information content (AvgIpc) is 2.15. The third-order valence-corrected chi connectivity index (χ3v) is 1.84. The number of halogens is 4. The molecule has 1 heterocycles. The van der Waals surface area contributed by atoms with Crippen LogP contribution >= 0.6 is 11.6 Å². The van der Waals surface area contributed by atoms with Crippen LogP contribution in [-0.2, 0) is 0 Å². The second-order valence-corrected chi connectivity index (χ2v) is 2.83. The highest BCUT2D eigenvalue weighted by molar-refractivity contribution is 6.67. The molecule has 0 amide bonds. The fourth-order valence-corrected chi connectivity index (χ4v) is 1.11. The summed E-state index contributed by atoms with van der Waals surface area (Å²) >= 11 is 4.98. The first-order chi connectivity index (χ1) is 6.99. The second-order valence-electron chi connectivity index (χ2n) is 2.48. The molecule has 1 aromatic rings. The maximum absolute atomic E-state index is 13.3. The van der Waals surface area contributed by atoms with Crippen molar-refractivity contribution in [3.8, 4) is 5.88 Å². The van der Waals surface area contributed by atoms with E-state index in [1.165, 1.54) is 0 Å². The van der Waals surface area contributed by atoms with Gasteiger partial charge in [-0.2, -0.15) is 0 Å². The Hall–Kier alpha value is -1.30. The highest BCUT2D eigenvalue weighted by atomic mass is 35.5. The molecule has 0 saturated carbocycles. The van der Waals surface area contributed by atoms with Gasteiger partial charge in [0.2, 0.25) is 5.88 Å². The Labute approximate surface area is 87.8 Å². The standard InChI is InChI=1S/C8H5ClF3NO2/c1-15-8-4(7(11)12)5(10)3(2-13-8)6(9)14/h2,7H,1H3. The molecule has 15 heavy (non-hydrogen) atoms. The second kappa shape index (κ2) is 4.48. The van der Waals surface area contributed by atoms with Crippen LogP contribution < -0.4 is 4.74 Å². The van der Waals surface area contributed by atoms with Gasteiger partial charge >= 0.3 is 0 Å². The molecule has 0 radical (unpaired) electrons. The van der Waals surface area contributed by atoms with Crippen molar-refractivity contribution in [1.82, 2.24) is 4.98 Å². The van der Waals surface area contributed by atoms with Crippen molar-refractivity contribution in [2.75, 3.05) is 7.11 Å². The minimum atomic E-state index is -3.14. The zero-order valence-corrected chi connectivity index (χ0v) is 8.19. The molecular weight excluding hydrogens is 235 g/mol. The number of rotatable bonds is 3. The Balaban J connectivity index is 3.42. The number of ether oxygens (including phenoxy) is 1. The lowest BCUT2D eigenvalue weighted by Gasteiger charge is -2.08. The molecule has 0 aliphatic rings. The van der Waals surface area contributed by atoms with Gasteiger partial charge in [-0.25, -0.2) is 18.2 Å². The molecule has 1 aromatic heterocycles. The molecule has 0 aliphatic carbocycles. The molecule has 3 nitrogen and oxygen atoms in total. The number of alkyl halides is 2. The molecule has 0 spiro atoms. The first-order valence-electron chi connectivity index (χ1n) is 3.69. The fourth-order valence-electron chi connectivity index (χ4n) is 0.977. The van der Waals surface area contributed by atoms with E-state index >= 15 is 0 Å². The molecule has 82 valence electrons. The minimum Gasteiger partial charge on any atom is -0.481 e. The molecule has 0 fully saturated rings. The molecule has 7 heteroatoms. The predicted octanol–water partition coefficient (Wildman–Crippen LogP) is 2.55. The summed E-state index contributed by atoms with van der Waals surface area (Å²) in [5, 5.41) is -1.19. The van der Waals surface area contributed by atoms with E-state index in [0.717, 1.165) is 13.3 Å². The lowest BCUT2D eigenvalue weighted by molar-refractivity contribution is 0.107. The zero-order valence-electron chi connectivity index (χ0n) is 7.43. The number of hydrogen-bond acceptors (Lipinski definition) is 3. The Kier molecular flexibility index (Phi) is 3.52. The van der Waals surface area contributed by atoms with Crippen LogP contribution in [0.25, 0.3) is 0 Å². The molecule has 0 bridgehead atoms. The van der Waals surface area contributed by atoms with Gasteiger partial charge in [0.25, 0.3) is 11.7 Å². The highest BCUT2D eigenvalue weighted by Gasteiger charge is 2.25. The van der Waals surface area contributed by atoms with Crippen molar-refractivity contribution < 1.29 is 22.7 Å². The van der Waals surface area contributed by atoms with Crippen LogP contribution in [-0.4, -0.2) is 17.3 Å². The molecule has 0 unspecified atom stereocenters. The third-order valence-electron chi connectivity index (χ3n) is 1.64. The van der Waals surface area contributed by atoms with E-state index in [4.69, 9.17) is 11.6 Å². The van der Waals surface area contributed by atoms with Crippen molar-refractivity contribution in [1.29, 1.82) is 0 Å². The maximum atomic E-state index is 13.3. The summed E-state index contributed by atoms with van der Waals surface area (Å²) in [6.45, 7) is 0. The topological polar surface area (TPSA) is 39.2 Å². The summed E-state index contributed by atoms with van der Waals surface area (Å²) in [7, 11) is 1.07. The molecular formula is C8H5ClF3NO2. The van der Waals surface area contributed by atoms with Crippen molar-refractivity contribution in [2.45, 2.75) is 6.43 Å². The van der Waals surface area contributed by atoms with E-state index in [0.29, 0.717) is 0 Å². The number of hydrogen-bond donors (Lipinski definition) is 0. The van der Waals surface area contributed by atoms with Gasteiger partial charge in [0.15, 0.2) is 5.82 Å². The minimum absolute atomic E-state index is 0.566. The Bertz CT molecular complexity index is 398. The largest absolute Gasteiger partial charge is 0.481 e. The Morgan fingerprint density at radius 2 is 2.20 bits per heavy atom. The van der Waals surface area contributed by atoms with Crippen molar-refractivity contribution in [3.05, 3.63) is 23.1 Å². The SMILES string of the molecule is COc1ncc(C(=O)Cl)c(F)c1C(F)F. The van der Waals surface area contributed by atoms with Gasteiger partial charge in [0, 0.05) is 6.20 Å². The van der Waals surface area contributed by atoms with E-state index in [-0.39, 0.29) is 0 Å². The molecule has 0 N–H and O–H groups in total. The molecule has 1 rings (SSSR count). The fraction of sp³-hybridized carbons (Fsp3) is 0.250. The van der Waals surface area contributed by atoms with E-state index in [9.17, 15) is 18.0 Å². The van der Waals surface area contributed by atoms with Gasteiger partial charge in [0.1, 0.15) is 5.56 Å². The van der Waals surface area contributed by atoms with E-state index in [1.807, 2.05) is 0 Å². The monoisotopic (exact) mass is 239 g/mol. The van der Waals surface area contributed by atoms with Crippen LogP contribution in [0.3, 0.4) is 0 Å². The summed E-state index contributed by atoms with van der Waals surface area (Å²) in [6, 6.07) is 0. The lowest BCUT2D eigenvalue weighted by Crippen LogP contribution is -2.05. The third kappa shape index (κ3) is 2.20. The molecule has 0 aromatic carbocycles.